The Balaban J connectivity index is 5.36. The van der Waals surface area contributed by atoms with Gasteiger partial charge in [-0.3, -0.25) is 24.2 Å². The number of unbranched alkanes of at least 4 members (excludes halogenated alkanes) is 1. The Morgan fingerprint density at radius 2 is 1.47 bits per heavy atom. The van der Waals surface area contributed by atoms with E-state index in [4.69, 9.17) is 28.0 Å². The van der Waals surface area contributed by atoms with Gasteiger partial charge in [0.25, 0.3) is 0 Å². The standard InChI is InChI=1S/C20H38N8O8/c1-10(29)15(28-16(32)11(22)5-4-8-25-20(23)24)18(34)26-12(6-2-3-7-21)17(33)27-13(19(35)36)9-14(30)31/h10-13,15,29H,2-9,21-22H2,1H3,(H,26,34)(H,27,33)(H,28,32)(H,30,31)(H,35,36)(H4,23,24,25). The van der Waals surface area contributed by atoms with Crippen molar-refractivity contribution in [2.24, 2.45) is 27.9 Å². The van der Waals surface area contributed by atoms with E-state index in [-0.39, 0.29) is 25.3 Å². The van der Waals surface area contributed by atoms with Gasteiger partial charge in [-0.15, -0.1) is 0 Å². The lowest BCUT2D eigenvalue weighted by Crippen LogP contribution is -2.59. The van der Waals surface area contributed by atoms with E-state index in [2.05, 4.69) is 20.9 Å². The first-order chi connectivity index (χ1) is 16.8. The predicted octanol–water partition coefficient (Wildman–Crippen LogP) is -4.11. The van der Waals surface area contributed by atoms with Crippen molar-refractivity contribution in [1.29, 1.82) is 0 Å². The average Bonchev–Trinajstić information content (AvgIpc) is 2.77. The molecule has 206 valence electrons. The van der Waals surface area contributed by atoms with E-state index >= 15 is 0 Å². The molecule has 5 atom stereocenters. The smallest absolute Gasteiger partial charge is 0.326 e. The third kappa shape index (κ3) is 13.4. The molecule has 0 radical (unpaired) electrons. The molecule has 16 nitrogen and oxygen atoms in total. The van der Waals surface area contributed by atoms with Crippen LogP contribution in [0.3, 0.4) is 0 Å². The number of rotatable bonds is 18. The van der Waals surface area contributed by atoms with Crippen molar-refractivity contribution >= 4 is 35.6 Å². The Morgan fingerprint density at radius 3 is 1.97 bits per heavy atom. The molecule has 0 spiro atoms. The number of aliphatic hydroxyl groups is 1. The molecule has 36 heavy (non-hydrogen) atoms. The van der Waals surface area contributed by atoms with E-state index in [0.717, 1.165) is 0 Å². The van der Waals surface area contributed by atoms with E-state index in [1.165, 1.54) is 6.92 Å². The molecule has 0 bridgehead atoms. The van der Waals surface area contributed by atoms with Crippen molar-refractivity contribution in [2.75, 3.05) is 13.1 Å². The normalized spacial score (nSPS) is 14.9. The molecule has 0 aromatic rings. The molecule has 0 aliphatic carbocycles. The summed E-state index contributed by atoms with van der Waals surface area (Å²) >= 11 is 0. The van der Waals surface area contributed by atoms with E-state index in [9.17, 15) is 34.2 Å². The highest BCUT2D eigenvalue weighted by molar-refractivity contribution is 5.94. The Hall–Kier alpha value is -3.50. The van der Waals surface area contributed by atoms with Crippen LogP contribution in [0.4, 0.5) is 0 Å². The quantitative estimate of drug-likeness (QED) is 0.0470. The molecule has 14 N–H and O–H groups in total. The lowest BCUT2D eigenvalue weighted by molar-refractivity contribution is -0.147. The highest BCUT2D eigenvalue weighted by Gasteiger charge is 2.32. The highest BCUT2D eigenvalue weighted by Crippen LogP contribution is 2.06. The Morgan fingerprint density at radius 1 is 0.861 bits per heavy atom. The molecule has 0 heterocycles. The summed E-state index contributed by atoms with van der Waals surface area (Å²) in [5.74, 6) is -5.73. The van der Waals surface area contributed by atoms with Gasteiger partial charge in [0.1, 0.15) is 18.1 Å². The van der Waals surface area contributed by atoms with Gasteiger partial charge in [-0.25, -0.2) is 4.79 Å². The maximum Gasteiger partial charge on any atom is 0.326 e. The fourth-order valence-electron chi connectivity index (χ4n) is 2.99. The van der Waals surface area contributed by atoms with Gasteiger partial charge < -0.3 is 54.2 Å². The van der Waals surface area contributed by atoms with Crippen LogP contribution < -0.4 is 38.9 Å². The Labute approximate surface area is 208 Å². The lowest BCUT2D eigenvalue weighted by Gasteiger charge is -2.26. The summed E-state index contributed by atoms with van der Waals surface area (Å²) in [5.41, 5.74) is 21.7. The van der Waals surface area contributed by atoms with Crippen molar-refractivity contribution in [3.8, 4) is 0 Å². The minimum atomic E-state index is -1.73. The zero-order valence-corrected chi connectivity index (χ0v) is 20.2. The van der Waals surface area contributed by atoms with Gasteiger partial charge in [0.15, 0.2) is 5.96 Å². The van der Waals surface area contributed by atoms with Crippen molar-refractivity contribution < 1.29 is 39.3 Å². The van der Waals surface area contributed by atoms with Crippen LogP contribution in [-0.2, 0) is 24.0 Å². The van der Waals surface area contributed by atoms with E-state index in [1.807, 2.05) is 0 Å². The van der Waals surface area contributed by atoms with Crippen molar-refractivity contribution in [3.05, 3.63) is 0 Å². The molecule has 0 rings (SSSR count). The van der Waals surface area contributed by atoms with Crippen LogP contribution in [0.2, 0.25) is 0 Å². The average molecular weight is 519 g/mol. The second-order valence-corrected chi connectivity index (χ2v) is 8.13. The van der Waals surface area contributed by atoms with Crippen LogP contribution in [0.15, 0.2) is 4.99 Å². The molecule has 5 unspecified atom stereocenters. The van der Waals surface area contributed by atoms with Gasteiger partial charge >= 0.3 is 11.9 Å². The van der Waals surface area contributed by atoms with Gasteiger partial charge in [0, 0.05) is 6.54 Å². The van der Waals surface area contributed by atoms with Gasteiger partial charge in [-0.05, 0) is 45.6 Å². The van der Waals surface area contributed by atoms with E-state index < -0.39 is 66.4 Å². The molecular formula is C20H38N8O8. The first-order valence-corrected chi connectivity index (χ1v) is 11.3. The van der Waals surface area contributed by atoms with Crippen LogP contribution in [0.5, 0.6) is 0 Å². The topological polar surface area (TPSA) is 299 Å². The lowest BCUT2D eigenvalue weighted by atomic mass is 10.0. The van der Waals surface area contributed by atoms with Crippen LogP contribution in [0.1, 0.15) is 45.4 Å². The minimum absolute atomic E-state index is 0.0406. The number of nitrogens with two attached hydrogens (primary N) is 4. The fourth-order valence-corrected chi connectivity index (χ4v) is 2.99. The predicted molar refractivity (Wildman–Crippen MR) is 128 cm³/mol. The number of carboxylic acid groups (broad SMARTS) is 2. The maximum atomic E-state index is 12.8. The first kappa shape index (κ1) is 32.5. The minimum Gasteiger partial charge on any atom is -0.481 e. The van der Waals surface area contributed by atoms with Crippen molar-refractivity contribution in [1.82, 2.24) is 16.0 Å². The SMILES string of the molecule is CC(O)C(NC(=O)C(N)CCCN=C(N)N)C(=O)NC(CCCCN)C(=O)NC(CC(=O)O)C(=O)O. The number of aliphatic imine (C=N–C) groups is 1. The third-order valence-corrected chi connectivity index (χ3v) is 4.94. The number of hydrogen-bond acceptors (Lipinski definition) is 9. The van der Waals surface area contributed by atoms with Crippen LogP contribution >= 0.6 is 0 Å². The molecular weight excluding hydrogens is 480 g/mol. The second kappa shape index (κ2) is 17.0. The summed E-state index contributed by atoms with van der Waals surface area (Å²) in [4.78, 5) is 63.9. The molecule has 0 aromatic carbocycles. The van der Waals surface area contributed by atoms with Crippen LogP contribution in [0, 0.1) is 0 Å². The van der Waals surface area contributed by atoms with E-state index in [0.29, 0.717) is 25.8 Å². The molecule has 0 aliphatic heterocycles. The summed E-state index contributed by atoms with van der Waals surface area (Å²) in [6.07, 6.45) is -0.796. The Kier molecular flexibility index (Phi) is 15.4. The molecule has 0 saturated carbocycles. The summed E-state index contributed by atoms with van der Waals surface area (Å²) in [5, 5.41) is 34.9. The van der Waals surface area contributed by atoms with Crippen molar-refractivity contribution in [2.45, 2.75) is 75.7 Å². The van der Waals surface area contributed by atoms with Gasteiger partial charge in [0.2, 0.25) is 17.7 Å². The number of hydrogen-bond donors (Lipinski definition) is 10. The van der Waals surface area contributed by atoms with E-state index in [1.54, 1.807) is 0 Å². The van der Waals surface area contributed by atoms with Gasteiger partial charge in [-0.1, -0.05) is 0 Å². The molecule has 3 amide bonds. The number of nitrogens with one attached hydrogen (secondary N) is 3. The van der Waals surface area contributed by atoms with Gasteiger partial charge in [-0.2, -0.15) is 0 Å². The second-order valence-electron chi connectivity index (χ2n) is 8.13. The molecule has 0 aromatic heterocycles. The zero-order valence-electron chi connectivity index (χ0n) is 20.2. The maximum absolute atomic E-state index is 12.8. The number of amides is 3. The number of nitrogens with zero attached hydrogens (tertiary/aromatic N) is 1. The number of carbonyl (C=O) groups excluding carboxylic acids is 3. The molecule has 0 saturated heterocycles. The molecule has 0 aliphatic rings. The number of carbonyl (C=O) groups is 5. The first-order valence-electron chi connectivity index (χ1n) is 11.3. The number of aliphatic carboxylic acids is 2. The van der Waals surface area contributed by atoms with Gasteiger partial charge in [0.05, 0.1) is 18.6 Å². The summed E-state index contributed by atoms with van der Waals surface area (Å²) in [6.45, 7) is 1.78. The third-order valence-electron chi connectivity index (χ3n) is 4.94. The largest absolute Gasteiger partial charge is 0.481 e. The van der Waals surface area contributed by atoms with Crippen LogP contribution in [-0.4, -0.2) is 94.3 Å². The van der Waals surface area contributed by atoms with Crippen LogP contribution in [0.25, 0.3) is 0 Å². The Bertz CT molecular complexity index is 788. The summed E-state index contributed by atoms with van der Waals surface area (Å²) < 4.78 is 0. The molecule has 0 fully saturated rings. The summed E-state index contributed by atoms with van der Waals surface area (Å²) in [6, 6.07) is -5.54. The number of carboxylic acids is 2. The fraction of sp³-hybridized carbons (Fsp3) is 0.700. The number of aliphatic hydroxyl groups excluding tert-OH is 1. The van der Waals surface area contributed by atoms with Crippen molar-refractivity contribution in [3.63, 3.8) is 0 Å². The highest BCUT2D eigenvalue weighted by atomic mass is 16.4. The number of guanidine groups is 1. The zero-order chi connectivity index (χ0) is 27.8. The monoisotopic (exact) mass is 518 g/mol. The summed E-state index contributed by atoms with van der Waals surface area (Å²) in [7, 11) is 0. The molecule has 16 heteroatoms.